The lowest BCUT2D eigenvalue weighted by Gasteiger charge is -2.33. The van der Waals surface area contributed by atoms with Gasteiger partial charge in [-0.15, -0.1) is 0 Å². The van der Waals surface area contributed by atoms with Crippen molar-refractivity contribution in [2.45, 2.75) is 69.5 Å². The van der Waals surface area contributed by atoms with Crippen LogP contribution in [0.15, 0.2) is 59.6 Å². The molecule has 0 spiro atoms. The number of benzene rings is 2. The highest BCUT2D eigenvalue weighted by atomic mass is 35.5. The van der Waals surface area contributed by atoms with Crippen LogP contribution in [0.5, 0.6) is 0 Å². The van der Waals surface area contributed by atoms with E-state index in [1.165, 1.54) is 0 Å². The number of likely N-dealkylation sites (tertiary alicyclic amines) is 1. The van der Waals surface area contributed by atoms with Gasteiger partial charge in [-0.2, -0.15) is 0 Å². The largest absolute Gasteiger partial charge is 0.476 e. The van der Waals surface area contributed by atoms with Gasteiger partial charge in [0.2, 0.25) is 17.7 Å². The highest BCUT2D eigenvalue weighted by molar-refractivity contribution is 6.30. The smallest absolute Gasteiger partial charge is 0.254 e. The first-order chi connectivity index (χ1) is 21.7. The molecule has 45 heavy (non-hydrogen) atoms. The second-order valence-electron chi connectivity index (χ2n) is 11.9. The van der Waals surface area contributed by atoms with Crippen molar-refractivity contribution in [2.75, 3.05) is 39.5 Å². The number of morpholine rings is 1. The maximum absolute atomic E-state index is 14.2. The van der Waals surface area contributed by atoms with Gasteiger partial charge in [-0.25, -0.2) is 4.99 Å². The number of amides is 3. The fourth-order valence-corrected chi connectivity index (χ4v) is 6.20. The van der Waals surface area contributed by atoms with E-state index in [4.69, 9.17) is 36.5 Å². The molecule has 5 rings (SSSR count). The molecule has 2 aromatic rings. The third-order valence-corrected chi connectivity index (χ3v) is 8.72. The van der Waals surface area contributed by atoms with E-state index in [1.807, 2.05) is 48.5 Å². The summed E-state index contributed by atoms with van der Waals surface area (Å²) in [6.45, 7) is 5.95. The van der Waals surface area contributed by atoms with E-state index in [0.717, 1.165) is 11.1 Å². The van der Waals surface area contributed by atoms with Crippen LogP contribution >= 0.6 is 11.6 Å². The number of rotatable bonds is 11. The van der Waals surface area contributed by atoms with Gasteiger partial charge in [-0.1, -0.05) is 54.1 Å². The number of carbonyl (C=O) groups excluding carboxylic acids is 3. The molecule has 0 unspecified atom stereocenters. The average molecular weight is 640 g/mol. The first kappa shape index (κ1) is 32.9. The predicted octanol–water partition coefficient (Wildman–Crippen LogP) is 2.34. The van der Waals surface area contributed by atoms with Gasteiger partial charge in [0.25, 0.3) is 5.91 Å². The van der Waals surface area contributed by atoms with E-state index in [-0.39, 0.29) is 25.0 Å². The highest BCUT2D eigenvalue weighted by Crippen LogP contribution is 2.32. The van der Waals surface area contributed by atoms with Crippen LogP contribution < -0.4 is 11.1 Å². The molecule has 3 aliphatic rings. The fraction of sp³-hybridized carbons (Fsp3) is 0.515. The molecule has 3 heterocycles. The molecule has 11 nitrogen and oxygen atoms in total. The van der Waals surface area contributed by atoms with Gasteiger partial charge >= 0.3 is 0 Å². The van der Waals surface area contributed by atoms with E-state index in [2.05, 4.69) is 5.32 Å². The maximum Gasteiger partial charge on any atom is 0.254 e. The Hall–Kier alpha value is -3.51. The van der Waals surface area contributed by atoms with Gasteiger partial charge in [-0.05, 0) is 49.9 Å². The van der Waals surface area contributed by atoms with Gasteiger partial charge in [0.1, 0.15) is 18.7 Å². The number of aliphatic imine (C=N–C) groups is 1. The summed E-state index contributed by atoms with van der Waals surface area (Å²) in [4.78, 5) is 49.4. The summed E-state index contributed by atoms with van der Waals surface area (Å²) in [5.74, 6) is -0.558. The molecule has 0 aromatic heterocycles. The Morgan fingerprint density at radius 3 is 2.53 bits per heavy atom. The highest BCUT2D eigenvalue weighted by Gasteiger charge is 2.50. The van der Waals surface area contributed by atoms with Crippen LogP contribution in [0.3, 0.4) is 0 Å². The van der Waals surface area contributed by atoms with Gasteiger partial charge in [0.05, 0.1) is 32.0 Å². The molecule has 0 saturated carbocycles. The van der Waals surface area contributed by atoms with Crippen LogP contribution in [0.1, 0.15) is 37.8 Å². The molecule has 0 aliphatic carbocycles. The molecule has 2 aromatic carbocycles. The lowest BCUT2D eigenvalue weighted by atomic mass is 9.90. The van der Waals surface area contributed by atoms with Crippen molar-refractivity contribution in [1.29, 1.82) is 0 Å². The van der Waals surface area contributed by atoms with E-state index >= 15 is 0 Å². The van der Waals surface area contributed by atoms with Crippen LogP contribution in [0.25, 0.3) is 0 Å². The van der Waals surface area contributed by atoms with Crippen LogP contribution in [-0.2, 0) is 41.6 Å². The number of hydrogen-bond donors (Lipinski definition) is 2. The second kappa shape index (κ2) is 14.7. The molecule has 3 amide bonds. The standard InChI is InChI=1S/C33H42ClN5O6/c1-22(35)29(40)36-28(23(2)44-20-24-8-4-3-5-9-24)31(41)39-13-7-12-27(39)30-37-33(21-45-30,19-25-10-6-11-26(34)18-25)32(42)38-14-16-43-17-15-38/h3-6,8-11,18,22-23,27-28H,7,12-17,19-21,35H2,1-2H3,(H,36,40)/t22-,23+,27-,28-,33+/m0/s1. The van der Waals surface area contributed by atoms with Crippen molar-refractivity contribution < 1.29 is 28.6 Å². The predicted molar refractivity (Wildman–Crippen MR) is 170 cm³/mol. The fourth-order valence-electron chi connectivity index (χ4n) is 5.99. The Balaban J connectivity index is 1.39. The lowest BCUT2D eigenvalue weighted by molar-refractivity contribution is -0.142. The van der Waals surface area contributed by atoms with Crippen molar-refractivity contribution >= 4 is 35.2 Å². The van der Waals surface area contributed by atoms with Crippen LogP contribution in [0, 0.1) is 0 Å². The van der Waals surface area contributed by atoms with Crippen molar-refractivity contribution in [3.8, 4) is 0 Å². The molecule has 0 radical (unpaired) electrons. The molecule has 5 atom stereocenters. The lowest BCUT2D eigenvalue weighted by Crippen LogP contribution is -2.58. The van der Waals surface area contributed by atoms with E-state index in [9.17, 15) is 14.4 Å². The zero-order chi connectivity index (χ0) is 32.0. The van der Waals surface area contributed by atoms with Crippen molar-refractivity contribution in [3.05, 3.63) is 70.7 Å². The number of hydrogen-bond acceptors (Lipinski definition) is 8. The number of nitrogens with two attached hydrogens (primary N) is 1. The van der Waals surface area contributed by atoms with Gasteiger partial charge in [0.15, 0.2) is 5.54 Å². The molecule has 242 valence electrons. The first-order valence-electron chi connectivity index (χ1n) is 15.5. The number of ether oxygens (including phenoxy) is 3. The number of nitrogens with zero attached hydrogens (tertiary/aromatic N) is 3. The minimum Gasteiger partial charge on any atom is -0.476 e. The molecule has 0 bridgehead atoms. The summed E-state index contributed by atoms with van der Waals surface area (Å²) in [6, 6.07) is 14.7. The van der Waals surface area contributed by atoms with E-state index < -0.39 is 35.7 Å². The third-order valence-electron chi connectivity index (χ3n) is 8.49. The zero-order valence-electron chi connectivity index (χ0n) is 25.8. The average Bonchev–Trinajstić information content (AvgIpc) is 3.71. The minimum atomic E-state index is -1.21. The molecule has 3 aliphatic heterocycles. The third kappa shape index (κ3) is 7.84. The van der Waals surface area contributed by atoms with Gasteiger partial charge in [-0.3, -0.25) is 14.4 Å². The first-order valence-corrected chi connectivity index (χ1v) is 15.9. The molecule has 3 N–H and O–H groups in total. The van der Waals surface area contributed by atoms with Crippen molar-refractivity contribution in [3.63, 3.8) is 0 Å². The summed E-state index contributed by atoms with van der Waals surface area (Å²) >= 11 is 6.29. The summed E-state index contributed by atoms with van der Waals surface area (Å²) in [7, 11) is 0. The van der Waals surface area contributed by atoms with Gasteiger partial charge in [0, 0.05) is 31.1 Å². The maximum atomic E-state index is 14.2. The molecular weight excluding hydrogens is 598 g/mol. The van der Waals surface area contributed by atoms with Gasteiger partial charge < -0.3 is 35.1 Å². The van der Waals surface area contributed by atoms with Crippen LogP contribution in [0.4, 0.5) is 0 Å². The Bertz CT molecular complexity index is 1380. The van der Waals surface area contributed by atoms with Crippen molar-refractivity contribution in [2.24, 2.45) is 10.7 Å². The molecule has 2 fully saturated rings. The Kier molecular flexibility index (Phi) is 10.8. The minimum absolute atomic E-state index is 0.0466. The van der Waals surface area contributed by atoms with Crippen LogP contribution in [-0.4, -0.2) is 103 Å². The SMILES string of the molecule is C[C@H](N)C(=O)N[C@H](C(=O)N1CCC[C@H]1C1=N[C@@](Cc2cccc(Cl)c2)(C(=O)N2CCOCC2)CO1)[C@@H](C)OCc1ccccc1. The Morgan fingerprint density at radius 1 is 1.09 bits per heavy atom. The van der Waals surface area contributed by atoms with Crippen molar-refractivity contribution in [1.82, 2.24) is 15.1 Å². The number of carbonyl (C=O) groups is 3. The molecule has 12 heteroatoms. The summed E-state index contributed by atoms with van der Waals surface area (Å²) in [5.41, 5.74) is 6.46. The molecular formula is C33H42ClN5O6. The quantitative estimate of drug-likeness (QED) is 0.385. The normalized spacial score (nSPS) is 23.6. The Labute approximate surface area is 269 Å². The summed E-state index contributed by atoms with van der Waals surface area (Å²) in [5, 5.41) is 3.38. The second-order valence-corrected chi connectivity index (χ2v) is 12.4. The number of halogens is 1. The topological polar surface area (TPSA) is 136 Å². The van der Waals surface area contributed by atoms with E-state index in [1.54, 1.807) is 29.7 Å². The summed E-state index contributed by atoms with van der Waals surface area (Å²) in [6.07, 6.45) is 0.963. The number of nitrogens with one attached hydrogen (secondary N) is 1. The zero-order valence-corrected chi connectivity index (χ0v) is 26.6. The van der Waals surface area contributed by atoms with E-state index in [0.29, 0.717) is 63.0 Å². The Morgan fingerprint density at radius 2 is 1.82 bits per heavy atom. The molecule has 2 saturated heterocycles. The monoisotopic (exact) mass is 639 g/mol. The van der Waals surface area contributed by atoms with Crippen LogP contribution in [0.2, 0.25) is 5.02 Å². The summed E-state index contributed by atoms with van der Waals surface area (Å²) < 4.78 is 17.8.